The SMILES string of the molecule is Cc1ccsc1CN(Cc1ccccc1)C(=O)CN(CC(C)C)C(=O)Nc1c(Cl)cccc1Cl. The molecule has 0 bridgehead atoms. The Morgan fingerprint density at radius 2 is 1.62 bits per heavy atom. The van der Waals surface area contributed by atoms with Crippen molar-refractivity contribution in [3.63, 3.8) is 0 Å². The lowest BCUT2D eigenvalue weighted by Crippen LogP contribution is -2.45. The summed E-state index contributed by atoms with van der Waals surface area (Å²) in [6, 6.07) is 16.5. The first kappa shape index (κ1) is 26.1. The molecule has 8 heteroatoms. The first-order valence-electron chi connectivity index (χ1n) is 11.1. The molecule has 1 aromatic heterocycles. The zero-order valence-corrected chi connectivity index (χ0v) is 21.9. The topological polar surface area (TPSA) is 52.7 Å². The number of amides is 3. The number of hydrogen-bond donors (Lipinski definition) is 1. The Morgan fingerprint density at radius 3 is 2.21 bits per heavy atom. The summed E-state index contributed by atoms with van der Waals surface area (Å²) >= 11 is 14.1. The van der Waals surface area contributed by atoms with Gasteiger partial charge in [0.1, 0.15) is 6.54 Å². The zero-order valence-electron chi connectivity index (χ0n) is 19.6. The molecule has 1 N–H and O–H groups in total. The van der Waals surface area contributed by atoms with Crippen LogP contribution in [0, 0.1) is 12.8 Å². The van der Waals surface area contributed by atoms with Crippen molar-refractivity contribution in [3.05, 3.63) is 86.0 Å². The summed E-state index contributed by atoms with van der Waals surface area (Å²) in [6.07, 6.45) is 0. The molecule has 1 heterocycles. The smallest absolute Gasteiger partial charge is 0.322 e. The molecule has 0 saturated carbocycles. The van der Waals surface area contributed by atoms with Crippen LogP contribution in [0.15, 0.2) is 60.0 Å². The molecule has 3 amide bonds. The Morgan fingerprint density at radius 1 is 0.941 bits per heavy atom. The van der Waals surface area contributed by atoms with Crippen LogP contribution in [0.4, 0.5) is 10.5 Å². The molecule has 0 aliphatic heterocycles. The minimum Gasteiger partial charge on any atom is -0.332 e. The van der Waals surface area contributed by atoms with Crippen LogP contribution in [0.3, 0.4) is 0 Å². The van der Waals surface area contributed by atoms with Gasteiger partial charge in [-0.3, -0.25) is 4.79 Å². The molecule has 0 aliphatic rings. The Hall–Kier alpha value is -2.54. The first-order valence-corrected chi connectivity index (χ1v) is 12.7. The van der Waals surface area contributed by atoms with E-state index in [-0.39, 0.29) is 18.4 Å². The lowest BCUT2D eigenvalue weighted by Gasteiger charge is -2.29. The molecule has 3 rings (SSSR count). The van der Waals surface area contributed by atoms with Crippen LogP contribution in [-0.2, 0) is 17.9 Å². The van der Waals surface area contributed by atoms with Crippen LogP contribution in [0.2, 0.25) is 10.0 Å². The third-order valence-corrected chi connectivity index (χ3v) is 6.90. The maximum atomic E-state index is 13.5. The van der Waals surface area contributed by atoms with Gasteiger partial charge in [0.05, 0.1) is 22.3 Å². The molecule has 0 spiro atoms. The number of rotatable bonds is 9. The normalized spacial score (nSPS) is 10.9. The van der Waals surface area contributed by atoms with Gasteiger partial charge in [-0.05, 0) is 47.5 Å². The predicted molar refractivity (Wildman–Crippen MR) is 142 cm³/mol. The molecule has 0 radical (unpaired) electrons. The van der Waals surface area contributed by atoms with E-state index < -0.39 is 6.03 Å². The largest absolute Gasteiger partial charge is 0.332 e. The highest BCUT2D eigenvalue weighted by molar-refractivity contribution is 7.10. The van der Waals surface area contributed by atoms with Crippen molar-refractivity contribution >= 4 is 52.2 Å². The van der Waals surface area contributed by atoms with Crippen molar-refractivity contribution in [2.24, 2.45) is 5.92 Å². The molecule has 3 aromatic rings. The number of aryl methyl sites for hydroxylation is 1. The fourth-order valence-electron chi connectivity index (χ4n) is 3.50. The van der Waals surface area contributed by atoms with Crippen molar-refractivity contribution in [3.8, 4) is 0 Å². The molecule has 5 nitrogen and oxygen atoms in total. The fourth-order valence-corrected chi connectivity index (χ4v) is 4.91. The van der Waals surface area contributed by atoms with E-state index in [4.69, 9.17) is 23.2 Å². The van der Waals surface area contributed by atoms with Crippen molar-refractivity contribution in [1.82, 2.24) is 9.80 Å². The average Bonchev–Trinajstić information content (AvgIpc) is 3.20. The van der Waals surface area contributed by atoms with Gasteiger partial charge in [-0.1, -0.05) is 73.4 Å². The molecule has 180 valence electrons. The van der Waals surface area contributed by atoms with Crippen LogP contribution in [-0.4, -0.2) is 34.8 Å². The summed E-state index contributed by atoms with van der Waals surface area (Å²) in [5, 5.41) is 5.50. The standard InChI is InChI=1S/C26H29Cl2N3O2S/c1-18(2)14-31(26(33)29-25-21(27)10-7-11-22(25)28)17-24(32)30(15-20-8-5-4-6-9-20)16-23-19(3)12-13-34-23/h4-13,18H,14-17H2,1-3H3,(H,29,33). The highest BCUT2D eigenvalue weighted by Crippen LogP contribution is 2.30. The van der Waals surface area contributed by atoms with Gasteiger partial charge in [-0.25, -0.2) is 4.79 Å². The second-order valence-electron chi connectivity index (χ2n) is 8.56. The maximum absolute atomic E-state index is 13.5. The minimum atomic E-state index is -0.413. The van der Waals surface area contributed by atoms with E-state index in [0.29, 0.717) is 35.4 Å². The van der Waals surface area contributed by atoms with E-state index >= 15 is 0 Å². The molecule has 34 heavy (non-hydrogen) atoms. The third-order valence-electron chi connectivity index (χ3n) is 5.27. The van der Waals surface area contributed by atoms with Crippen molar-refractivity contribution < 1.29 is 9.59 Å². The van der Waals surface area contributed by atoms with Gasteiger partial charge in [0, 0.05) is 18.0 Å². The molecule has 0 aliphatic carbocycles. The Kier molecular flexibility index (Phi) is 9.39. The van der Waals surface area contributed by atoms with Crippen LogP contribution >= 0.6 is 34.5 Å². The van der Waals surface area contributed by atoms with Crippen molar-refractivity contribution in [2.75, 3.05) is 18.4 Å². The molecule has 0 unspecified atom stereocenters. The number of thiophene rings is 1. The number of anilines is 1. The van der Waals surface area contributed by atoms with Gasteiger partial charge in [0.25, 0.3) is 0 Å². The van der Waals surface area contributed by atoms with Crippen LogP contribution < -0.4 is 5.32 Å². The number of benzene rings is 2. The third kappa shape index (κ3) is 7.23. The van der Waals surface area contributed by atoms with Gasteiger partial charge >= 0.3 is 6.03 Å². The highest BCUT2D eigenvalue weighted by atomic mass is 35.5. The first-order chi connectivity index (χ1) is 16.2. The summed E-state index contributed by atoms with van der Waals surface area (Å²) in [5.41, 5.74) is 2.53. The summed E-state index contributed by atoms with van der Waals surface area (Å²) in [7, 11) is 0. The quantitative estimate of drug-likeness (QED) is 0.329. The summed E-state index contributed by atoms with van der Waals surface area (Å²) in [6.45, 7) is 7.37. The van der Waals surface area contributed by atoms with Gasteiger partial charge in [-0.15, -0.1) is 11.3 Å². The van der Waals surface area contributed by atoms with Crippen molar-refractivity contribution in [2.45, 2.75) is 33.9 Å². The van der Waals surface area contributed by atoms with Gasteiger partial charge in [-0.2, -0.15) is 0 Å². The number of para-hydroxylation sites is 1. The Labute approximate surface area is 215 Å². The average molecular weight is 519 g/mol. The second-order valence-corrected chi connectivity index (χ2v) is 10.4. The summed E-state index contributed by atoms with van der Waals surface area (Å²) < 4.78 is 0. The summed E-state index contributed by atoms with van der Waals surface area (Å²) in [4.78, 5) is 31.1. The fraction of sp³-hybridized carbons (Fsp3) is 0.308. The Bertz CT molecular complexity index is 1100. The van der Waals surface area contributed by atoms with Gasteiger partial charge in [0.2, 0.25) is 5.91 Å². The van der Waals surface area contributed by atoms with E-state index in [9.17, 15) is 9.59 Å². The van der Waals surface area contributed by atoms with Crippen LogP contribution in [0.5, 0.6) is 0 Å². The van der Waals surface area contributed by atoms with Crippen molar-refractivity contribution in [1.29, 1.82) is 0 Å². The van der Waals surface area contributed by atoms with E-state index in [1.165, 1.54) is 4.90 Å². The molecule has 0 fully saturated rings. The lowest BCUT2D eigenvalue weighted by molar-refractivity contribution is -0.133. The minimum absolute atomic E-state index is 0.0522. The van der Waals surface area contributed by atoms with E-state index in [2.05, 4.69) is 11.4 Å². The Balaban J connectivity index is 1.80. The van der Waals surface area contributed by atoms with Gasteiger partial charge in [0.15, 0.2) is 0 Å². The lowest BCUT2D eigenvalue weighted by atomic mass is 10.2. The van der Waals surface area contributed by atoms with E-state index in [1.807, 2.05) is 56.5 Å². The zero-order chi connectivity index (χ0) is 24.7. The number of carbonyl (C=O) groups is 2. The van der Waals surface area contributed by atoms with Crippen LogP contribution in [0.25, 0.3) is 0 Å². The number of halogens is 2. The van der Waals surface area contributed by atoms with E-state index in [0.717, 1.165) is 16.0 Å². The number of hydrogen-bond acceptors (Lipinski definition) is 3. The monoisotopic (exact) mass is 517 g/mol. The number of carbonyl (C=O) groups excluding carboxylic acids is 2. The van der Waals surface area contributed by atoms with Gasteiger partial charge < -0.3 is 15.1 Å². The molecule has 0 saturated heterocycles. The number of urea groups is 1. The molecule has 2 aromatic carbocycles. The molecular formula is C26H29Cl2N3O2S. The molecular weight excluding hydrogens is 489 g/mol. The number of nitrogens with zero attached hydrogens (tertiary/aromatic N) is 2. The van der Waals surface area contributed by atoms with E-state index in [1.54, 1.807) is 34.4 Å². The highest BCUT2D eigenvalue weighted by Gasteiger charge is 2.24. The maximum Gasteiger partial charge on any atom is 0.322 e. The second kappa shape index (κ2) is 12.2. The summed E-state index contributed by atoms with van der Waals surface area (Å²) in [5.74, 6) is 0.0417. The number of nitrogens with one attached hydrogen (secondary N) is 1. The molecule has 0 atom stereocenters. The van der Waals surface area contributed by atoms with Crippen LogP contribution in [0.1, 0.15) is 29.9 Å². The predicted octanol–water partition coefficient (Wildman–Crippen LogP) is 7.08.